The van der Waals surface area contributed by atoms with Gasteiger partial charge in [-0.3, -0.25) is 9.59 Å². The zero-order chi connectivity index (χ0) is 18.0. The summed E-state index contributed by atoms with van der Waals surface area (Å²) in [4.78, 5) is 28.7. The molecule has 0 spiro atoms. The van der Waals surface area contributed by atoms with Gasteiger partial charge in [-0.1, -0.05) is 48.0 Å². The van der Waals surface area contributed by atoms with Gasteiger partial charge < -0.3 is 9.80 Å². The number of nitrogens with zero attached hydrogens (tertiary/aromatic N) is 2. The number of aryl methyl sites for hydroxylation is 1. The minimum atomic E-state index is -0.617. The minimum Gasteiger partial charge on any atom is -0.341 e. The van der Waals surface area contributed by atoms with Crippen molar-refractivity contribution < 1.29 is 9.59 Å². The molecule has 1 heterocycles. The van der Waals surface area contributed by atoms with E-state index in [0.29, 0.717) is 24.5 Å². The molecule has 130 valence electrons. The van der Waals surface area contributed by atoms with Crippen LogP contribution in [0.2, 0.25) is 5.02 Å². The van der Waals surface area contributed by atoms with Crippen molar-refractivity contribution in [1.29, 1.82) is 0 Å². The molecule has 1 atom stereocenters. The molecular weight excluding hydrogens is 336 g/mol. The highest BCUT2D eigenvalue weighted by molar-refractivity contribution is 6.31. The van der Waals surface area contributed by atoms with E-state index in [9.17, 15) is 9.59 Å². The van der Waals surface area contributed by atoms with Crippen LogP contribution in [0, 0.1) is 12.8 Å². The van der Waals surface area contributed by atoms with Gasteiger partial charge in [-0.2, -0.15) is 0 Å². The van der Waals surface area contributed by atoms with Crippen molar-refractivity contribution in [2.45, 2.75) is 19.9 Å². The fraction of sp³-hybridized carbons (Fsp3) is 0.300. The van der Waals surface area contributed by atoms with E-state index in [1.54, 1.807) is 22.9 Å². The molecule has 0 N–H and O–H groups in total. The molecule has 0 bridgehead atoms. The van der Waals surface area contributed by atoms with Crippen molar-refractivity contribution in [1.82, 2.24) is 4.90 Å². The molecule has 1 aliphatic heterocycles. The summed E-state index contributed by atoms with van der Waals surface area (Å²) in [6.45, 7) is 2.95. The summed E-state index contributed by atoms with van der Waals surface area (Å²) in [5.41, 5.74) is 2.76. The third-order valence-corrected chi connectivity index (χ3v) is 5.02. The van der Waals surface area contributed by atoms with Gasteiger partial charge in [0.15, 0.2) is 0 Å². The second kappa shape index (κ2) is 7.28. The summed E-state index contributed by atoms with van der Waals surface area (Å²) >= 11 is 6.17. The average Bonchev–Trinajstić information content (AvgIpc) is 2.99. The predicted octanol–water partition coefficient (Wildman–Crippen LogP) is 3.66. The molecule has 0 aromatic heterocycles. The molecule has 3 rings (SSSR count). The molecule has 0 unspecified atom stereocenters. The van der Waals surface area contributed by atoms with E-state index >= 15 is 0 Å². The van der Waals surface area contributed by atoms with E-state index in [-0.39, 0.29) is 11.8 Å². The van der Waals surface area contributed by atoms with E-state index in [0.717, 1.165) is 16.8 Å². The summed E-state index contributed by atoms with van der Waals surface area (Å²) in [6, 6.07) is 15.3. The normalized spacial score (nSPS) is 17.0. The molecule has 2 amide bonds. The Balaban J connectivity index is 1.70. The van der Waals surface area contributed by atoms with E-state index in [4.69, 9.17) is 11.6 Å². The van der Waals surface area contributed by atoms with Crippen molar-refractivity contribution in [3.63, 3.8) is 0 Å². The lowest BCUT2D eigenvalue weighted by molar-refractivity contribution is -0.139. The molecular formula is C20H21ClN2O2. The molecule has 0 saturated carbocycles. The Labute approximate surface area is 153 Å². The molecule has 1 fully saturated rings. The van der Waals surface area contributed by atoms with Crippen LogP contribution in [-0.2, 0) is 16.1 Å². The summed E-state index contributed by atoms with van der Waals surface area (Å²) in [7, 11) is 1.74. The molecule has 2 aromatic carbocycles. The Hall–Kier alpha value is -2.33. The average molecular weight is 357 g/mol. The van der Waals surface area contributed by atoms with Gasteiger partial charge in [-0.25, -0.2) is 0 Å². The monoisotopic (exact) mass is 356 g/mol. The van der Waals surface area contributed by atoms with Gasteiger partial charge in [-0.15, -0.1) is 0 Å². The quantitative estimate of drug-likeness (QED) is 0.784. The Morgan fingerprint density at radius 2 is 1.96 bits per heavy atom. The van der Waals surface area contributed by atoms with Crippen LogP contribution < -0.4 is 4.90 Å². The van der Waals surface area contributed by atoms with Crippen LogP contribution in [0.15, 0.2) is 48.5 Å². The van der Waals surface area contributed by atoms with Crippen molar-refractivity contribution in [3.8, 4) is 0 Å². The smallest absolute Gasteiger partial charge is 0.239 e. The number of rotatable bonds is 4. The molecule has 0 radical (unpaired) electrons. The van der Waals surface area contributed by atoms with Crippen molar-refractivity contribution in [3.05, 3.63) is 64.7 Å². The molecule has 5 heteroatoms. The maximum Gasteiger partial charge on any atom is 0.239 e. The molecule has 25 heavy (non-hydrogen) atoms. The molecule has 1 aliphatic rings. The topological polar surface area (TPSA) is 40.6 Å². The molecule has 0 aliphatic carbocycles. The number of carbonyl (C=O) groups excluding carboxylic acids is 2. The summed E-state index contributed by atoms with van der Waals surface area (Å²) in [5.74, 6) is -0.895. The maximum absolute atomic E-state index is 12.7. The second-order valence-corrected chi connectivity index (χ2v) is 6.85. The first-order chi connectivity index (χ1) is 12.0. The largest absolute Gasteiger partial charge is 0.341 e. The second-order valence-electron chi connectivity index (χ2n) is 6.44. The van der Waals surface area contributed by atoms with Gasteiger partial charge in [0.25, 0.3) is 0 Å². The Morgan fingerprint density at radius 3 is 2.64 bits per heavy atom. The van der Waals surface area contributed by atoms with Crippen LogP contribution in [-0.4, -0.2) is 30.3 Å². The van der Waals surface area contributed by atoms with E-state index in [2.05, 4.69) is 0 Å². The molecule has 2 aromatic rings. The van der Waals surface area contributed by atoms with E-state index < -0.39 is 5.92 Å². The third kappa shape index (κ3) is 3.69. The number of hydrogen-bond acceptors (Lipinski definition) is 2. The number of anilines is 1. The Morgan fingerprint density at radius 1 is 1.24 bits per heavy atom. The first-order valence-electron chi connectivity index (χ1n) is 8.34. The van der Waals surface area contributed by atoms with Gasteiger partial charge in [0.2, 0.25) is 11.8 Å². The summed E-state index contributed by atoms with van der Waals surface area (Å²) in [6.07, 6.45) is 0.530. The number of amides is 2. The highest BCUT2D eigenvalue weighted by Crippen LogP contribution is 2.29. The number of halogens is 1. The number of benzene rings is 2. The van der Waals surface area contributed by atoms with Crippen LogP contribution in [0.3, 0.4) is 0 Å². The summed E-state index contributed by atoms with van der Waals surface area (Å²) in [5, 5.41) is 0.626. The highest BCUT2D eigenvalue weighted by Gasteiger charge is 2.39. The van der Waals surface area contributed by atoms with Crippen molar-refractivity contribution in [2.24, 2.45) is 5.92 Å². The van der Waals surface area contributed by atoms with Crippen LogP contribution >= 0.6 is 11.6 Å². The third-order valence-electron chi connectivity index (χ3n) is 4.61. The zero-order valence-electron chi connectivity index (χ0n) is 14.4. The first kappa shape index (κ1) is 17.5. The van der Waals surface area contributed by atoms with Gasteiger partial charge in [0.05, 0.1) is 0 Å². The minimum absolute atomic E-state index is 0.130. The van der Waals surface area contributed by atoms with Gasteiger partial charge in [0.1, 0.15) is 5.92 Å². The van der Waals surface area contributed by atoms with Gasteiger partial charge in [0, 0.05) is 30.8 Å². The lowest BCUT2D eigenvalue weighted by atomic mass is 10.1. The molecule has 1 saturated heterocycles. The van der Waals surface area contributed by atoms with Crippen LogP contribution in [0.4, 0.5) is 5.69 Å². The van der Waals surface area contributed by atoms with Gasteiger partial charge in [-0.05, 0) is 36.6 Å². The maximum atomic E-state index is 12.7. The summed E-state index contributed by atoms with van der Waals surface area (Å²) < 4.78 is 0. The SMILES string of the molecule is Cc1ccc(N2CC[C@@H](C(=O)N(C)Cc3ccccc3)C2=O)cc1Cl. The number of carbonyl (C=O) groups is 2. The number of hydrogen-bond donors (Lipinski definition) is 0. The zero-order valence-corrected chi connectivity index (χ0v) is 15.2. The standard InChI is InChI=1S/C20H21ClN2O2/c1-14-8-9-16(12-18(14)21)23-11-10-17(20(23)25)19(24)22(2)13-15-6-4-3-5-7-15/h3-9,12,17H,10-11,13H2,1-2H3/t17-/m0/s1. The fourth-order valence-electron chi connectivity index (χ4n) is 3.12. The van der Waals surface area contributed by atoms with Gasteiger partial charge >= 0.3 is 0 Å². The van der Waals surface area contributed by atoms with E-state index in [1.165, 1.54) is 0 Å². The van der Waals surface area contributed by atoms with Crippen LogP contribution in [0.25, 0.3) is 0 Å². The predicted molar refractivity (Wildman–Crippen MR) is 99.6 cm³/mol. The fourth-order valence-corrected chi connectivity index (χ4v) is 3.29. The van der Waals surface area contributed by atoms with Crippen molar-refractivity contribution in [2.75, 3.05) is 18.5 Å². The Kier molecular flexibility index (Phi) is 5.09. The van der Waals surface area contributed by atoms with Crippen LogP contribution in [0.1, 0.15) is 17.5 Å². The highest BCUT2D eigenvalue weighted by atomic mass is 35.5. The lowest BCUT2D eigenvalue weighted by Crippen LogP contribution is -2.37. The van der Waals surface area contributed by atoms with Crippen LogP contribution in [0.5, 0.6) is 0 Å². The lowest BCUT2D eigenvalue weighted by Gasteiger charge is -2.21. The molecule has 4 nitrogen and oxygen atoms in total. The first-order valence-corrected chi connectivity index (χ1v) is 8.71. The Bertz CT molecular complexity index is 792. The van der Waals surface area contributed by atoms with E-state index in [1.807, 2.05) is 49.4 Å². The van der Waals surface area contributed by atoms with Crippen molar-refractivity contribution >= 4 is 29.1 Å².